The molecule has 7 nitrogen and oxygen atoms in total. The molecule has 2 aromatic heterocycles. The molecule has 0 radical (unpaired) electrons. The molecular formula is C21H26F3N5O2. The average Bonchev–Trinajstić information content (AvgIpc) is 2.63. The first-order valence-electron chi connectivity index (χ1n) is 10.3. The van der Waals surface area contributed by atoms with Crippen molar-refractivity contribution >= 4 is 22.9 Å². The molecule has 2 saturated heterocycles. The summed E-state index contributed by atoms with van der Waals surface area (Å²) >= 11 is 0. The van der Waals surface area contributed by atoms with Gasteiger partial charge in [-0.2, -0.15) is 13.2 Å². The Morgan fingerprint density at radius 1 is 1.19 bits per heavy atom. The van der Waals surface area contributed by atoms with Crippen molar-refractivity contribution in [1.29, 1.82) is 0 Å². The van der Waals surface area contributed by atoms with Crippen molar-refractivity contribution in [2.45, 2.75) is 52.3 Å². The minimum Gasteiger partial charge on any atom is -0.465 e. The van der Waals surface area contributed by atoms with E-state index in [0.29, 0.717) is 36.5 Å². The Labute approximate surface area is 178 Å². The molecule has 168 valence electrons. The fraction of sp³-hybridized carbons (Fsp3) is 0.619. The van der Waals surface area contributed by atoms with E-state index in [0.717, 1.165) is 12.8 Å². The van der Waals surface area contributed by atoms with Crippen LogP contribution in [0, 0.1) is 10.8 Å². The Balaban J connectivity index is 1.69. The molecule has 1 spiro atoms. The van der Waals surface area contributed by atoms with Crippen LogP contribution in [0.3, 0.4) is 0 Å². The van der Waals surface area contributed by atoms with Crippen LogP contribution in [0.1, 0.15) is 39.2 Å². The lowest BCUT2D eigenvalue weighted by Crippen LogP contribution is -2.72. The molecule has 31 heavy (non-hydrogen) atoms. The molecule has 0 bridgehead atoms. The first kappa shape index (κ1) is 21.6. The van der Waals surface area contributed by atoms with Gasteiger partial charge in [-0.15, -0.1) is 0 Å². The van der Waals surface area contributed by atoms with Crippen LogP contribution in [0.25, 0.3) is 11.0 Å². The van der Waals surface area contributed by atoms with Crippen molar-refractivity contribution in [3.05, 3.63) is 24.2 Å². The number of halogens is 3. The second kappa shape index (κ2) is 7.20. The Morgan fingerprint density at radius 2 is 1.87 bits per heavy atom. The highest BCUT2D eigenvalue weighted by atomic mass is 19.4. The van der Waals surface area contributed by atoms with Crippen LogP contribution >= 0.6 is 0 Å². The molecular weight excluding hydrogens is 411 g/mol. The van der Waals surface area contributed by atoms with Crippen molar-refractivity contribution in [2.75, 3.05) is 24.5 Å². The summed E-state index contributed by atoms with van der Waals surface area (Å²) in [6.07, 6.45) is -2.17. The highest BCUT2D eigenvalue weighted by Gasteiger charge is 2.58. The molecule has 1 atom stereocenters. The molecule has 0 aliphatic carbocycles. The second-order valence-electron chi connectivity index (χ2n) is 9.73. The van der Waals surface area contributed by atoms with E-state index in [1.165, 1.54) is 23.5 Å². The highest BCUT2D eigenvalue weighted by Crippen LogP contribution is 2.54. The minimum absolute atomic E-state index is 0.0571. The summed E-state index contributed by atoms with van der Waals surface area (Å²) in [6, 6.07) is 1.56. The lowest BCUT2D eigenvalue weighted by molar-refractivity contribution is -0.127. The van der Waals surface area contributed by atoms with Crippen LogP contribution in [0.4, 0.5) is 23.8 Å². The van der Waals surface area contributed by atoms with Gasteiger partial charge in [-0.1, -0.05) is 20.8 Å². The number of fused-ring (bicyclic) bond motifs is 1. The van der Waals surface area contributed by atoms with Gasteiger partial charge in [0.25, 0.3) is 0 Å². The molecule has 4 heterocycles. The van der Waals surface area contributed by atoms with Crippen molar-refractivity contribution in [3.63, 3.8) is 0 Å². The quantitative estimate of drug-likeness (QED) is 0.761. The third kappa shape index (κ3) is 3.99. The zero-order valence-electron chi connectivity index (χ0n) is 17.8. The van der Waals surface area contributed by atoms with Crippen LogP contribution in [0.15, 0.2) is 18.6 Å². The van der Waals surface area contributed by atoms with Crippen LogP contribution < -0.4 is 4.90 Å². The second-order valence-corrected chi connectivity index (χ2v) is 9.73. The van der Waals surface area contributed by atoms with Gasteiger partial charge >= 0.3 is 12.3 Å². The van der Waals surface area contributed by atoms with Gasteiger partial charge in [-0.25, -0.2) is 19.7 Å². The number of alkyl halides is 3. The number of aromatic nitrogens is 3. The zero-order valence-corrected chi connectivity index (χ0v) is 17.8. The fourth-order valence-electron chi connectivity index (χ4n) is 5.43. The Morgan fingerprint density at radius 3 is 2.45 bits per heavy atom. The van der Waals surface area contributed by atoms with Gasteiger partial charge in [0.1, 0.15) is 12.1 Å². The molecule has 2 aromatic rings. The number of hydrogen-bond donors (Lipinski definition) is 1. The Kier molecular flexibility index (Phi) is 5.01. The molecule has 2 aliphatic heterocycles. The molecule has 1 N–H and O–H groups in total. The number of rotatable bonds is 2. The maximum absolute atomic E-state index is 12.9. The largest absolute Gasteiger partial charge is 0.465 e. The van der Waals surface area contributed by atoms with Gasteiger partial charge < -0.3 is 14.9 Å². The molecule has 1 unspecified atom stereocenters. The van der Waals surface area contributed by atoms with Crippen LogP contribution in [-0.2, 0) is 6.42 Å². The monoisotopic (exact) mass is 437 g/mol. The summed E-state index contributed by atoms with van der Waals surface area (Å²) in [4.78, 5) is 27.6. The summed E-state index contributed by atoms with van der Waals surface area (Å²) in [6.45, 7) is 8.04. The van der Waals surface area contributed by atoms with E-state index >= 15 is 0 Å². The van der Waals surface area contributed by atoms with E-state index in [1.807, 2.05) is 0 Å². The SMILES string of the molecule is CC(C)(C)C1N(c2ncnc3ncc(CC(F)(F)F)cc23)CC12CCN(C(=O)O)CC2. The Hall–Kier alpha value is -2.65. The van der Waals surface area contributed by atoms with Gasteiger partial charge in [-0.05, 0) is 29.9 Å². The normalized spacial score (nSPS) is 21.4. The Bertz CT molecular complexity index is 997. The van der Waals surface area contributed by atoms with Crippen LogP contribution in [-0.4, -0.2) is 62.9 Å². The average molecular weight is 437 g/mol. The number of piperidine rings is 1. The first-order valence-corrected chi connectivity index (χ1v) is 10.3. The van der Waals surface area contributed by atoms with Crippen LogP contribution in [0.5, 0.6) is 0 Å². The molecule has 2 fully saturated rings. The summed E-state index contributed by atoms with van der Waals surface area (Å²) < 4.78 is 38.7. The molecule has 4 rings (SSSR count). The number of anilines is 1. The summed E-state index contributed by atoms with van der Waals surface area (Å²) in [5, 5.41) is 9.80. The topological polar surface area (TPSA) is 82.5 Å². The zero-order chi connectivity index (χ0) is 22.6. The van der Waals surface area contributed by atoms with Gasteiger partial charge in [-0.3, -0.25) is 0 Å². The number of pyridine rings is 1. The summed E-state index contributed by atoms with van der Waals surface area (Å²) in [5.41, 5.74) is 0.245. The minimum atomic E-state index is -4.32. The van der Waals surface area contributed by atoms with Gasteiger partial charge in [0.05, 0.1) is 11.8 Å². The van der Waals surface area contributed by atoms with Gasteiger partial charge in [0.15, 0.2) is 5.65 Å². The molecule has 1 amide bonds. The van der Waals surface area contributed by atoms with E-state index in [-0.39, 0.29) is 22.4 Å². The number of carboxylic acid groups (broad SMARTS) is 1. The summed E-state index contributed by atoms with van der Waals surface area (Å²) in [7, 11) is 0. The number of amides is 1. The van der Waals surface area contributed by atoms with E-state index in [4.69, 9.17) is 0 Å². The molecule has 0 aromatic carbocycles. The van der Waals surface area contributed by atoms with Crippen LogP contribution in [0.2, 0.25) is 0 Å². The highest BCUT2D eigenvalue weighted by molar-refractivity contribution is 5.88. The third-order valence-corrected chi connectivity index (χ3v) is 6.43. The predicted octanol–water partition coefficient (Wildman–Crippen LogP) is 4.12. The summed E-state index contributed by atoms with van der Waals surface area (Å²) in [5.74, 6) is 0.590. The standard InChI is InChI=1S/C21H26F3N5O2/c1-19(2,3)17-20(4-6-28(7-5-20)18(30)31)11-29(17)16-14-8-13(9-21(22,23)24)10-25-15(14)26-12-27-16/h8,10,12,17H,4-7,9,11H2,1-3H3,(H,30,31). The lowest BCUT2D eigenvalue weighted by Gasteiger charge is -2.65. The molecule has 0 saturated carbocycles. The first-order chi connectivity index (χ1) is 14.4. The van der Waals surface area contributed by atoms with Crippen molar-refractivity contribution in [2.24, 2.45) is 10.8 Å². The van der Waals surface area contributed by atoms with Crippen molar-refractivity contribution in [3.8, 4) is 0 Å². The van der Waals surface area contributed by atoms with Gasteiger partial charge in [0, 0.05) is 37.3 Å². The molecule has 10 heteroatoms. The smallest absolute Gasteiger partial charge is 0.407 e. The third-order valence-electron chi connectivity index (χ3n) is 6.43. The number of carbonyl (C=O) groups is 1. The van der Waals surface area contributed by atoms with E-state index in [2.05, 4.69) is 40.6 Å². The molecule has 2 aliphatic rings. The maximum atomic E-state index is 12.9. The number of nitrogens with zero attached hydrogens (tertiary/aromatic N) is 5. The van der Waals surface area contributed by atoms with E-state index < -0.39 is 18.7 Å². The van der Waals surface area contributed by atoms with Crippen molar-refractivity contribution in [1.82, 2.24) is 19.9 Å². The number of likely N-dealkylation sites (tertiary alicyclic amines) is 1. The van der Waals surface area contributed by atoms with E-state index in [9.17, 15) is 23.1 Å². The number of hydrogen-bond acceptors (Lipinski definition) is 5. The predicted molar refractivity (Wildman–Crippen MR) is 109 cm³/mol. The fourth-order valence-corrected chi connectivity index (χ4v) is 5.43. The van der Waals surface area contributed by atoms with Crippen molar-refractivity contribution < 1.29 is 23.1 Å². The van der Waals surface area contributed by atoms with Gasteiger partial charge in [0.2, 0.25) is 0 Å². The maximum Gasteiger partial charge on any atom is 0.407 e. The van der Waals surface area contributed by atoms with E-state index in [1.54, 1.807) is 0 Å². The lowest BCUT2D eigenvalue weighted by atomic mass is 9.57.